The average Bonchev–Trinajstić information content (AvgIpc) is 2.68. The zero-order chi connectivity index (χ0) is 18.0. The van der Waals surface area contributed by atoms with Crippen LogP contribution in [0.15, 0.2) is 54.6 Å². The van der Waals surface area contributed by atoms with E-state index in [9.17, 15) is 4.79 Å². The third-order valence-electron chi connectivity index (χ3n) is 4.11. The summed E-state index contributed by atoms with van der Waals surface area (Å²) in [4.78, 5) is 14.3. The summed E-state index contributed by atoms with van der Waals surface area (Å²) < 4.78 is 11.1. The first-order valence-electron chi connectivity index (χ1n) is 8.93. The van der Waals surface area contributed by atoms with Crippen molar-refractivity contribution in [3.8, 4) is 11.5 Å². The maximum absolute atomic E-state index is 12.0. The third kappa shape index (κ3) is 6.15. The number of rotatable bonds is 8. The molecule has 26 heavy (non-hydrogen) atoms. The number of para-hydroxylation sites is 1. The molecule has 0 spiro atoms. The Labute approximate surface area is 154 Å². The summed E-state index contributed by atoms with van der Waals surface area (Å²) in [6.07, 6.45) is 0. The van der Waals surface area contributed by atoms with Crippen molar-refractivity contribution in [3.63, 3.8) is 0 Å². The highest BCUT2D eigenvalue weighted by Crippen LogP contribution is 2.22. The fraction of sp³-hybridized carbons (Fsp3) is 0.350. The summed E-state index contributed by atoms with van der Waals surface area (Å²) >= 11 is 0. The Morgan fingerprint density at radius 1 is 1.00 bits per heavy atom. The van der Waals surface area contributed by atoms with Gasteiger partial charge < -0.3 is 20.1 Å². The molecule has 0 unspecified atom stereocenters. The molecule has 6 nitrogen and oxygen atoms in total. The molecule has 1 aliphatic rings. The topological polar surface area (TPSA) is 62.8 Å². The van der Waals surface area contributed by atoms with E-state index in [-0.39, 0.29) is 5.91 Å². The van der Waals surface area contributed by atoms with E-state index in [1.807, 2.05) is 54.6 Å². The fourth-order valence-corrected chi connectivity index (χ4v) is 2.70. The summed E-state index contributed by atoms with van der Waals surface area (Å²) in [5.41, 5.74) is 0.755. The molecule has 1 heterocycles. The lowest BCUT2D eigenvalue weighted by molar-refractivity contribution is -0.115. The van der Waals surface area contributed by atoms with Crippen molar-refractivity contribution in [2.75, 3.05) is 51.3 Å². The van der Waals surface area contributed by atoms with Crippen LogP contribution in [-0.2, 0) is 9.53 Å². The highest BCUT2D eigenvalue weighted by Gasteiger charge is 2.09. The molecule has 1 amide bonds. The first-order chi connectivity index (χ1) is 12.8. The van der Waals surface area contributed by atoms with E-state index >= 15 is 0 Å². The van der Waals surface area contributed by atoms with E-state index in [2.05, 4.69) is 15.5 Å². The van der Waals surface area contributed by atoms with Gasteiger partial charge in [-0.05, 0) is 36.4 Å². The second-order valence-corrected chi connectivity index (χ2v) is 6.12. The quantitative estimate of drug-likeness (QED) is 0.712. The molecule has 1 aliphatic heterocycles. The lowest BCUT2D eigenvalue weighted by atomic mass is 10.3. The second kappa shape index (κ2) is 9.91. The van der Waals surface area contributed by atoms with Gasteiger partial charge in [-0.25, -0.2) is 0 Å². The first-order valence-corrected chi connectivity index (χ1v) is 8.93. The molecule has 6 heteroatoms. The summed E-state index contributed by atoms with van der Waals surface area (Å²) in [5.74, 6) is 1.47. The van der Waals surface area contributed by atoms with Gasteiger partial charge in [0.1, 0.15) is 11.5 Å². The first kappa shape index (κ1) is 18.4. The van der Waals surface area contributed by atoms with Gasteiger partial charge in [0.25, 0.3) is 0 Å². The Balaban J connectivity index is 1.36. The number of benzene rings is 2. The maximum Gasteiger partial charge on any atom is 0.238 e. The number of carbonyl (C=O) groups is 1. The zero-order valence-corrected chi connectivity index (χ0v) is 14.8. The lowest BCUT2D eigenvalue weighted by Gasteiger charge is -2.26. The van der Waals surface area contributed by atoms with E-state index in [1.54, 1.807) is 0 Å². The number of hydrogen-bond donors (Lipinski definition) is 2. The van der Waals surface area contributed by atoms with Crippen molar-refractivity contribution in [2.24, 2.45) is 0 Å². The van der Waals surface area contributed by atoms with Gasteiger partial charge >= 0.3 is 0 Å². The van der Waals surface area contributed by atoms with Crippen LogP contribution in [0.1, 0.15) is 0 Å². The highest BCUT2D eigenvalue weighted by atomic mass is 16.5. The van der Waals surface area contributed by atoms with E-state index < -0.39 is 0 Å². The van der Waals surface area contributed by atoms with Gasteiger partial charge in [-0.15, -0.1) is 0 Å². The molecular weight excluding hydrogens is 330 g/mol. The predicted molar refractivity (Wildman–Crippen MR) is 102 cm³/mol. The summed E-state index contributed by atoms with van der Waals surface area (Å²) in [7, 11) is 0. The molecule has 0 radical (unpaired) electrons. The zero-order valence-electron chi connectivity index (χ0n) is 14.8. The normalized spacial score (nSPS) is 14.8. The fourth-order valence-electron chi connectivity index (χ4n) is 2.70. The minimum atomic E-state index is -0.0521. The highest BCUT2D eigenvalue weighted by molar-refractivity contribution is 5.92. The molecule has 0 aromatic heterocycles. The number of carbonyl (C=O) groups excluding carboxylic acids is 1. The largest absolute Gasteiger partial charge is 0.457 e. The van der Waals surface area contributed by atoms with Gasteiger partial charge in [0.2, 0.25) is 5.91 Å². The molecule has 2 N–H and O–H groups in total. The standard InChI is InChI=1S/C20H25N3O3/c24-20(16-21-10-11-23-12-14-25-15-13-23)22-17-6-8-19(9-7-17)26-18-4-2-1-3-5-18/h1-9,21H,10-16H2,(H,22,24). The molecule has 1 saturated heterocycles. The van der Waals surface area contributed by atoms with Crippen molar-refractivity contribution in [1.82, 2.24) is 10.2 Å². The number of nitrogens with zero attached hydrogens (tertiary/aromatic N) is 1. The Bertz CT molecular complexity index is 670. The predicted octanol–water partition coefficient (Wildman–Crippen LogP) is 2.34. The Hall–Kier alpha value is -2.41. The van der Waals surface area contributed by atoms with Crippen molar-refractivity contribution in [1.29, 1.82) is 0 Å². The van der Waals surface area contributed by atoms with Crippen LogP contribution >= 0.6 is 0 Å². The molecule has 0 aliphatic carbocycles. The Morgan fingerprint density at radius 2 is 1.69 bits per heavy atom. The molecular formula is C20H25N3O3. The second-order valence-electron chi connectivity index (χ2n) is 6.12. The summed E-state index contributed by atoms with van der Waals surface area (Å²) in [6, 6.07) is 17.0. The molecule has 3 rings (SSSR count). The van der Waals surface area contributed by atoms with Gasteiger partial charge in [-0.2, -0.15) is 0 Å². The number of ether oxygens (including phenoxy) is 2. The third-order valence-corrected chi connectivity index (χ3v) is 4.11. The number of nitrogens with one attached hydrogen (secondary N) is 2. The average molecular weight is 355 g/mol. The van der Waals surface area contributed by atoms with Crippen LogP contribution in [0, 0.1) is 0 Å². The van der Waals surface area contributed by atoms with Gasteiger partial charge in [-0.1, -0.05) is 18.2 Å². The molecule has 2 aromatic rings. The summed E-state index contributed by atoms with van der Waals surface area (Å²) in [5, 5.41) is 6.06. The number of hydrogen-bond acceptors (Lipinski definition) is 5. The molecule has 0 atom stereocenters. The molecule has 0 bridgehead atoms. The van der Waals surface area contributed by atoms with Crippen LogP contribution in [0.3, 0.4) is 0 Å². The number of amides is 1. The van der Waals surface area contributed by atoms with Gasteiger partial charge in [0.15, 0.2) is 0 Å². The molecule has 2 aromatic carbocycles. The molecule has 138 valence electrons. The van der Waals surface area contributed by atoms with Crippen molar-refractivity contribution >= 4 is 11.6 Å². The van der Waals surface area contributed by atoms with Crippen LogP contribution in [0.2, 0.25) is 0 Å². The Kier molecular flexibility index (Phi) is 7.01. The SMILES string of the molecule is O=C(CNCCN1CCOCC1)Nc1ccc(Oc2ccccc2)cc1. The monoisotopic (exact) mass is 355 g/mol. The maximum atomic E-state index is 12.0. The van der Waals surface area contributed by atoms with Gasteiger partial charge in [0.05, 0.1) is 19.8 Å². The number of morpholine rings is 1. The van der Waals surface area contributed by atoms with Crippen molar-refractivity contribution in [2.45, 2.75) is 0 Å². The van der Waals surface area contributed by atoms with E-state index in [4.69, 9.17) is 9.47 Å². The molecule has 1 fully saturated rings. The van der Waals surface area contributed by atoms with Crippen molar-refractivity contribution in [3.05, 3.63) is 54.6 Å². The van der Waals surface area contributed by atoms with Gasteiger partial charge in [0, 0.05) is 31.9 Å². The molecule has 0 saturated carbocycles. The number of anilines is 1. The van der Waals surface area contributed by atoms with E-state index in [0.29, 0.717) is 6.54 Å². The lowest BCUT2D eigenvalue weighted by Crippen LogP contribution is -2.41. The van der Waals surface area contributed by atoms with E-state index in [1.165, 1.54) is 0 Å². The van der Waals surface area contributed by atoms with Crippen LogP contribution in [0.25, 0.3) is 0 Å². The van der Waals surface area contributed by atoms with Crippen LogP contribution in [0.4, 0.5) is 5.69 Å². The Morgan fingerprint density at radius 3 is 2.42 bits per heavy atom. The smallest absolute Gasteiger partial charge is 0.238 e. The summed E-state index contributed by atoms with van der Waals surface area (Å²) in [6.45, 7) is 5.54. The minimum absolute atomic E-state index is 0.0521. The van der Waals surface area contributed by atoms with Crippen LogP contribution in [-0.4, -0.2) is 56.7 Å². The van der Waals surface area contributed by atoms with Crippen LogP contribution < -0.4 is 15.4 Å². The minimum Gasteiger partial charge on any atom is -0.457 e. The van der Waals surface area contributed by atoms with Gasteiger partial charge in [-0.3, -0.25) is 9.69 Å². The van der Waals surface area contributed by atoms with Crippen LogP contribution in [0.5, 0.6) is 11.5 Å². The van der Waals surface area contributed by atoms with Crippen molar-refractivity contribution < 1.29 is 14.3 Å². The van der Waals surface area contributed by atoms with E-state index in [0.717, 1.165) is 56.6 Å².